The molecule has 0 saturated carbocycles. The number of aryl methyl sites for hydroxylation is 2. The fourth-order valence-corrected chi connectivity index (χ4v) is 1.57. The van der Waals surface area contributed by atoms with Crippen molar-refractivity contribution < 1.29 is 4.79 Å². The Bertz CT molecular complexity index is 595. The highest BCUT2D eigenvalue weighted by atomic mass is 16.1. The number of hydrogen-bond donors (Lipinski definition) is 2. The first-order valence-electron chi connectivity index (χ1n) is 5.52. The standard InChI is InChI=1S/C13H14N4O/c1-8-6-15-4-3-12(8)17-13(18)10-7-16-9(2)5-11(10)14/h3-7H,1-2H3,(H2,14,16)(H,15,17,18). The van der Waals surface area contributed by atoms with Crippen molar-refractivity contribution in [2.75, 3.05) is 11.1 Å². The Morgan fingerprint density at radius 2 is 2.11 bits per heavy atom. The van der Waals surface area contributed by atoms with Crippen molar-refractivity contribution in [2.45, 2.75) is 13.8 Å². The summed E-state index contributed by atoms with van der Waals surface area (Å²) in [6, 6.07) is 3.42. The van der Waals surface area contributed by atoms with Crippen molar-refractivity contribution in [2.24, 2.45) is 0 Å². The summed E-state index contributed by atoms with van der Waals surface area (Å²) in [5, 5.41) is 2.79. The molecule has 2 aromatic rings. The van der Waals surface area contributed by atoms with Gasteiger partial charge in [-0.25, -0.2) is 0 Å². The van der Waals surface area contributed by atoms with Crippen LogP contribution in [0.5, 0.6) is 0 Å². The van der Waals surface area contributed by atoms with Crippen LogP contribution in [0, 0.1) is 13.8 Å². The van der Waals surface area contributed by atoms with E-state index in [1.165, 1.54) is 6.20 Å². The highest BCUT2D eigenvalue weighted by Gasteiger charge is 2.11. The number of nitrogen functional groups attached to an aromatic ring is 1. The molecule has 0 aliphatic rings. The Balaban J connectivity index is 2.25. The van der Waals surface area contributed by atoms with Crippen LogP contribution in [0.2, 0.25) is 0 Å². The van der Waals surface area contributed by atoms with E-state index in [4.69, 9.17) is 5.73 Å². The third-order valence-electron chi connectivity index (χ3n) is 2.59. The van der Waals surface area contributed by atoms with Gasteiger partial charge in [0.15, 0.2) is 0 Å². The van der Waals surface area contributed by atoms with E-state index in [1.54, 1.807) is 24.5 Å². The fraction of sp³-hybridized carbons (Fsp3) is 0.154. The Labute approximate surface area is 105 Å². The number of aromatic nitrogens is 2. The van der Waals surface area contributed by atoms with Crippen molar-refractivity contribution in [1.29, 1.82) is 0 Å². The summed E-state index contributed by atoms with van der Waals surface area (Å²) >= 11 is 0. The van der Waals surface area contributed by atoms with E-state index in [1.807, 2.05) is 13.8 Å². The van der Waals surface area contributed by atoms with E-state index < -0.39 is 0 Å². The molecule has 5 heteroatoms. The highest BCUT2D eigenvalue weighted by molar-refractivity contribution is 6.07. The van der Waals surface area contributed by atoms with Crippen LogP contribution in [0.25, 0.3) is 0 Å². The highest BCUT2D eigenvalue weighted by Crippen LogP contribution is 2.16. The summed E-state index contributed by atoms with van der Waals surface area (Å²) in [6.45, 7) is 3.70. The number of amides is 1. The molecule has 5 nitrogen and oxygen atoms in total. The topological polar surface area (TPSA) is 80.9 Å². The van der Waals surface area contributed by atoms with Crippen LogP contribution in [0.3, 0.4) is 0 Å². The van der Waals surface area contributed by atoms with Gasteiger partial charge < -0.3 is 11.1 Å². The Morgan fingerprint density at radius 1 is 1.33 bits per heavy atom. The molecule has 18 heavy (non-hydrogen) atoms. The van der Waals surface area contributed by atoms with E-state index in [2.05, 4.69) is 15.3 Å². The molecule has 0 bridgehead atoms. The third kappa shape index (κ3) is 2.45. The maximum Gasteiger partial charge on any atom is 0.259 e. The summed E-state index contributed by atoms with van der Waals surface area (Å²) in [4.78, 5) is 20.1. The summed E-state index contributed by atoms with van der Waals surface area (Å²) in [5.41, 5.74) is 8.99. The molecule has 0 spiro atoms. The summed E-state index contributed by atoms with van der Waals surface area (Å²) in [6.07, 6.45) is 4.79. The van der Waals surface area contributed by atoms with Crippen LogP contribution in [0.1, 0.15) is 21.6 Å². The van der Waals surface area contributed by atoms with Crippen molar-refractivity contribution in [3.63, 3.8) is 0 Å². The van der Waals surface area contributed by atoms with Crippen LogP contribution < -0.4 is 11.1 Å². The monoisotopic (exact) mass is 242 g/mol. The molecule has 0 atom stereocenters. The first kappa shape index (κ1) is 12.0. The smallest absolute Gasteiger partial charge is 0.259 e. The molecule has 2 heterocycles. The SMILES string of the molecule is Cc1cc(N)c(C(=O)Nc2ccncc2C)cn1. The molecule has 0 unspecified atom stereocenters. The number of rotatable bonds is 2. The van der Waals surface area contributed by atoms with E-state index >= 15 is 0 Å². The van der Waals surface area contributed by atoms with Gasteiger partial charge in [-0.15, -0.1) is 0 Å². The van der Waals surface area contributed by atoms with Crippen molar-refractivity contribution >= 4 is 17.3 Å². The van der Waals surface area contributed by atoms with Gasteiger partial charge in [0.1, 0.15) is 0 Å². The van der Waals surface area contributed by atoms with E-state index in [-0.39, 0.29) is 5.91 Å². The number of hydrogen-bond acceptors (Lipinski definition) is 4. The molecular formula is C13H14N4O. The molecular weight excluding hydrogens is 228 g/mol. The third-order valence-corrected chi connectivity index (χ3v) is 2.59. The number of carbonyl (C=O) groups excluding carboxylic acids is 1. The van der Waals surface area contributed by atoms with E-state index in [9.17, 15) is 4.79 Å². The maximum atomic E-state index is 12.0. The molecule has 0 aliphatic carbocycles. The van der Waals surface area contributed by atoms with Crippen molar-refractivity contribution in [1.82, 2.24) is 9.97 Å². The molecule has 92 valence electrons. The Hall–Kier alpha value is -2.43. The molecule has 0 saturated heterocycles. The zero-order chi connectivity index (χ0) is 13.1. The molecule has 0 radical (unpaired) electrons. The zero-order valence-electron chi connectivity index (χ0n) is 10.3. The number of nitrogens with zero attached hydrogens (tertiary/aromatic N) is 2. The maximum absolute atomic E-state index is 12.0. The van der Waals surface area contributed by atoms with Gasteiger partial charge in [-0.1, -0.05) is 0 Å². The van der Waals surface area contributed by atoms with Crippen LogP contribution in [-0.4, -0.2) is 15.9 Å². The summed E-state index contributed by atoms with van der Waals surface area (Å²) in [5.74, 6) is -0.269. The quantitative estimate of drug-likeness (QED) is 0.843. The minimum Gasteiger partial charge on any atom is -0.398 e. The van der Waals surface area contributed by atoms with Crippen LogP contribution >= 0.6 is 0 Å². The molecule has 1 amide bonds. The van der Waals surface area contributed by atoms with Gasteiger partial charge in [0.2, 0.25) is 0 Å². The predicted octanol–water partition coefficient (Wildman–Crippen LogP) is 1.93. The zero-order valence-corrected chi connectivity index (χ0v) is 10.3. The van der Waals surface area contributed by atoms with Gasteiger partial charge in [0, 0.05) is 35.7 Å². The molecule has 0 aliphatic heterocycles. The second-order valence-corrected chi connectivity index (χ2v) is 4.06. The van der Waals surface area contributed by atoms with Gasteiger partial charge in [0.25, 0.3) is 5.91 Å². The lowest BCUT2D eigenvalue weighted by atomic mass is 10.2. The van der Waals surface area contributed by atoms with Gasteiger partial charge in [-0.05, 0) is 31.5 Å². The summed E-state index contributed by atoms with van der Waals surface area (Å²) in [7, 11) is 0. The van der Waals surface area contributed by atoms with Crippen LogP contribution in [0.4, 0.5) is 11.4 Å². The van der Waals surface area contributed by atoms with Gasteiger partial charge in [0.05, 0.1) is 5.56 Å². The second kappa shape index (κ2) is 4.83. The minimum atomic E-state index is -0.269. The molecule has 2 rings (SSSR count). The van der Waals surface area contributed by atoms with E-state index in [0.717, 1.165) is 16.9 Å². The first-order chi connectivity index (χ1) is 8.58. The van der Waals surface area contributed by atoms with Crippen LogP contribution in [0.15, 0.2) is 30.7 Å². The van der Waals surface area contributed by atoms with Gasteiger partial charge >= 0.3 is 0 Å². The number of carbonyl (C=O) groups is 1. The second-order valence-electron chi connectivity index (χ2n) is 4.06. The average Bonchev–Trinajstić information content (AvgIpc) is 2.32. The normalized spacial score (nSPS) is 10.1. The van der Waals surface area contributed by atoms with E-state index in [0.29, 0.717) is 11.3 Å². The lowest BCUT2D eigenvalue weighted by Crippen LogP contribution is -2.15. The van der Waals surface area contributed by atoms with Crippen LogP contribution in [-0.2, 0) is 0 Å². The Kier molecular flexibility index (Phi) is 3.23. The molecule has 0 aromatic carbocycles. The fourth-order valence-electron chi connectivity index (χ4n) is 1.57. The minimum absolute atomic E-state index is 0.269. The molecule has 0 fully saturated rings. The Morgan fingerprint density at radius 3 is 2.78 bits per heavy atom. The lowest BCUT2D eigenvalue weighted by molar-refractivity contribution is 0.102. The van der Waals surface area contributed by atoms with Gasteiger partial charge in [-0.2, -0.15) is 0 Å². The van der Waals surface area contributed by atoms with Gasteiger partial charge in [-0.3, -0.25) is 14.8 Å². The first-order valence-corrected chi connectivity index (χ1v) is 5.52. The summed E-state index contributed by atoms with van der Waals surface area (Å²) < 4.78 is 0. The lowest BCUT2D eigenvalue weighted by Gasteiger charge is -2.09. The predicted molar refractivity (Wildman–Crippen MR) is 70.3 cm³/mol. The largest absolute Gasteiger partial charge is 0.398 e. The molecule has 3 N–H and O–H groups in total. The number of nitrogens with two attached hydrogens (primary N) is 1. The average molecular weight is 242 g/mol. The number of nitrogens with one attached hydrogen (secondary N) is 1. The number of pyridine rings is 2. The van der Waals surface area contributed by atoms with Crippen molar-refractivity contribution in [3.05, 3.63) is 47.5 Å². The van der Waals surface area contributed by atoms with Crippen molar-refractivity contribution in [3.8, 4) is 0 Å². The molecule has 2 aromatic heterocycles. The number of anilines is 2.